The first-order chi connectivity index (χ1) is 14.4. The van der Waals surface area contributed by atoms with Crippen LogP contribution in [0.25, 0.3) is 5.65 Å². The van der Waals surface area contributed by atoms with Crippen molar-refractivity contribution in [2.24, 2.45) is 5.73 Å². The zero-order chi connectivity index (χ0) is 22.1. The van der Waals surface area contributed by atoms with Crippen molar-refractivity contribution in [3.8, 4) is 6.07 Å². The third-order valence-electron chi connectivity index (χ3n) is 5.56. The Kier molecular flexibility index (Phi) is 5.96. The first kappa shape index (κ1) is 21.5. The van der Waals surface area contributed by atoms with Crippen LogP contribution in [0.4, 0.5) is 11.6 Å². The molecular formula is C20H29N9O. The van der Waals surface area contributed by atoms with Gasteiger partial charge in [-0.05, 0) is 46.7 Å². The van der Waals surface area contributed by atoms with Gasteiger partial charge in [-0.25, -0.2) is 4.98 Å². The summed E-state index contributed by atoms with van der Waals surface area (Å²) in [6.45, 7) is 6.51. The summed E-state index contributed by atoms with van der Waals surface area (Å²) in [5.41, 5.74) is 15.1. The van der Waals surface area contributed by atoms with Crippen molar-refractivity contribution in [1.82, 2.24) is 24.4 Å². The lowest BCUT2D eigenvalue weighted by atomic mass is 10.2. The van der Waals surface area contributed by atoms with Gasteiger partial charge in [-0.15, -0.1) is 0 Å². The van der Waals surface area contributed by atoms with Gasteiger partial charge < -0.3 is 21.9 Å². The monoisotopic (exact) mass is 411 g/mol. The Bertz CT molecular complexity index is 1100. The molecule has 0 saturated heterocycles. The van der Waals surface area contributed by atoms with E-state index in [2.05, 4.69) is 32.3 Å². The van der Waals surface area contributed by atoms with Crippen LogP contribution in [0.1, 0.15) is 41.1 Å². The van der Waals surface area contributed by atoms with Crippen molar-refractivity contribution in [3.63, 3.8) is 0 Å². The molecule has 0 aromatic carbocycles. The van der Waals surface area contributed by atoms with Gasteiger partial charge >= 0.3 is 0 Å². The molecule has 1 aliphatic rings. The molecule has 0 bridgehead atoms. The van der Waals surface area contributed by atoms with Gasteiger partial charge in [-0.3, -0.25) is 4.68 Å². The zero-order valence-corrected chi connectivity index (χ0v) is 17.9. The van der Waals surface area contributed by atoms with Crippen LogP contribution in [0.5, 0.6) is 0 Å². The average molecular weight is 412 g/mol. The summed E-state index contributed by atoms with van der Waals surface area (Å²) in [6.07, 6.45) is 2.59. The Labute approximate surface area is 175 Å². The van der Waals surface area contributed by atoms with Crippen LogP contribution in [0.15, 0.2) is 6.07 Å². The van der Waals surface area contributed by atoms with E-state index in [0.717, 1.165) is 35.5 Å². The van der Waals surface area contributed by atoms with Gasteiger partial charge in [0.25, 0.3) is 0 Å². The molecule has 3 heterocycles. The topological polar surface area (TPSA) is 156 Å². The minimum absolute atomic E-state index is 0.117. The summed E-state index contributed by atoms with van der Waals surface area (Å²) in [7, 11) is 1.50. The molecule has 3 aromatic heterocycles. The molecule has 1 saturated carbocycles. The Morgan fingerprint density at radius 1 is 1.27 bits per heavy atom. The van der Waals surface area contributed by atoms with Crippen molar-refractivity contribution < 1.29 is 5.11 Å². The SMILES string of the molecule is CN.Cc1nn2c(N)c(C#N)c(NCCc3cc(C)n(C4(CO)CC4)n3)nc2c1C. The number of anilines is 2. The van der Waals surface area contributed by atoms with E-state index in [0.29, 0.717) is 24.4 Å². The van der Waals surface area contributed by atoms with Crippen molar-refractivity contribution >= 4 is 17.3 Å². The fraction of sp³-hybridized carbons (Fsp3) is 0.500. The number of hydrogen-bond acceptors (Lipinski definition) is 8. The highest BCUT2D eigenvalue weighted by Crippen LogP contribution is 2.43. The van der Waals surface area contributed by atoms with E-state index in [1.807, 2.05) is 31.5 Å². The Balaban J connectivity index is 0.00000124. The standard InChI is InChI=1S/C19H24N8O.CH5N/c1-11-8-14(25-27(11)19(10-28)5-6-19)4-7-22-17-15(9-20)16(21)26-18(23-17)12(2)13(3)24-26;1-2/h8,28H,4-7,10,21H2,1-3H3,(H,22,23);2H2,1H3. The van der Waals surface area contributed by atoms with Crippen molar-refractivity contribution in [1.29, 1.82) is 5.26 Å². The van der Waals surface area contributed by atoms with Gasteiger partial charge in [-0.1, -0.05) is 0 Å². The number of nitrogens with two attached hydrogens (primary N) is 2. The highest BCUT2D eigenvalue weighted by molar-refractivity contribution is 5.69. The van der Waals surface area contributed by atoms with Crippen molar-refractivity contribution in [3.05, 3.63) is 34.3 Å². The first-order valence-corrected chi connectivity index (χ1v) is 9.94. The quantitative estimate of drug-likeness (QED) is 0.468. The highest BCUT2D eigenvalue weighted by Gasteiger charge is 2.45. The lowest BCUT2D eigenvalue weighted by Gasteiger charge is -2.14. The Morgan fingerprint density at radius 2 is 1.97 bits per heavy atom. The smallest absolute Gasteiger partial charge is 0.162 e. The van der Waals surface area contributed by atoms with E-state index < -0.39 is 0 Å². The number of nitriles is 1. The highest BCUT2D eigenvalue weighted by atomic mass is 16.3. The van der Waals surface area contributed by atoms with Gasteiger partial charge in [-0.2, -0.15) is 20.0 Å². The molecule has 3 aromatic rings. The summed E-state index contributed by atoms with van der Waals surface area (Å²) in [5, 5.41) is 31.4. The molecule has 160 valence electrons. The molecule has 1 fully saturated rings. The molecule has 10 heteroatoms. The Morgan fingerprint density at radius 3 is 2.57 bits per heavy atom. The zero-order valence-electron chi connectivity index (χ0n) is 17.9. The van der Waals surface area contributed by atoms with E-state index in [1.165, 1.54) is 11.6 Å². The summed E-state index contributed by atoms with van der Waals surface area (Å²) in [5.74, 6) is 0.741. The van der Waals surface area contributed by atoms with Gasteiger partial charge in [0.2, 0.25) is 0 Å². The molecule has 0 unspecified atom stereocenters. The summed E-state index contributed by atoms with van der Waals surface area (Å²) >= 11 is 0. The lowest BCUT2D eigenvalue weighted by Crippen LogP contribution is -2.24. The van der Waals surface area contributed by atoms with E-state index >= 15 is 0 Å². The number of aliphatic hydroxyl groups is 1. The second-order valence-corrected chi connectivity index (χ2v) is 7.53. The molecule has 0 spiro atoms. The second-order valence-electron chi connectivity index (χ2n) is 7.53. The normalized spacial score (nSPS) is 14.2. The number of nitrogens with one attached hydrogen (secondary N) is 1. The van der Waals surface area contributed by atoms with Gasteiger partial charge in [0.05, 0.1) is 23.5 Å². The van der Waals surface area contributed by atoms with E-state index in [4.69, 9.17) is 5.73 Å². The molecular weight excluding hydrogens is 382 g/mol. The minimum Gasteiger partial charge on any atom is -0.394 e. The molecule has 0 amide bonds. The van der Waals surface area contributed by atoms with E-state index in [-0.39, 0.29) is 23.5 Å². The fourth-order valence-electron chi connectivity index (χ4n) is 3.55. The number of aliphatic hydroxyl groups excluding tert-OH is 1. The van der Waals surface area contributed by atoms with Crippen LogP contribution < -0.4 is 16.8 Å². The van der Waals surface area contributed by atoms with Crippen molar-refractivity contribution in [2.75, 3.05) is 31.2 Å². The average Bonchev–Trinajstić information content (AvgIpc) is 3.38. The van der Waals surface area contributed by atoms with Gasteiger partial charge in [0.1, 0.15) is 23.3 Å². The number of aromatic nitrogens is 5. The van der Waals surface area contributed by atoms with Crippen LogP contribution in [-0.2, 0) is 12.0 Å². The summed E-state index contributed by atoms with van der Waals surface area (Å²) in [4.78, 5) is 4.57. The molecule has 1 aliphatic carbocycles. The predicted molar refractivity (Wildman–Crippen MR) is 115 cm³/mol. The fourth-order valence-corrected chi connectivity index (χ4v) is 3.55. The summed E-state index contributed by atoms with van der Waals surface area (Å²) in [6, 6.07) is 4.16. The lowest BCUT2D eigenvalue weighted by molar-refractivity contribution is 0.200. The third kappa shape index (κ3) is 3.58. The number of hydrogen-bond donors (Lipinski definition) is 4. The Hall–Kier alpha value is -3.16. The van der Waals surface area contributed by atoms with Crippen LogP contribution in [0, 0.1) is 32.1 Å². The van der Waals surface area contributed by atoms with Crippen LogP contribution in [0.2, 0.25) is 0 Å². The molecule has 6 N–H and O–H groups in total. The van der Waals surface area contributed by atoms with Gasteiger partial charge in [0, 0.05) is 24.2 Å². The van der Waals surface area contributed by atoms with Crippen LogP contribution >= 0.6 is 0 Å². The maximum atomic E-state index is 9.63. The maximum Gasteiger partial charge on any atom is 0.162 e. The minimum atomic E-state index is -0.206. The first-order valence-electron chi connectivity index (χ1n) is 9.94. The van der Waals surface area contributed by atoms with E-state index in [9.17, 15) is 10.4 Å². The molecule has 0 aliphatic heterocycles. The predicted octanol–water partition coefficient (Wildman–Crippen LogP) is 1.02. The number of fused-ring (bicyclic) bond motifs is 1. The number of nitrogens with zero attached hydrogens (tertiary/aromatic N) is 6. The van der Waals surface area contributed by atoms with Crippen LogP contribution in [0.3, 0.4) is 0 Å². The number of nitrogen functional groups attached to an aromatic ring is 1. The molecule has 30 heavy (non-hydrogen) atoms. The van der Waals surface area contributed by atoms with E-state index in [1.54, 1.807) is 0 Å². The van der Waals surface area contributed by atoms with Crippen LogP contribution in [-0.4, -0.2) is 49.7 Å². The number of rotatable bonds is 6. The number of aryl methyl sites for hydroxylation is 3. The molecule has 0 radical (unpaired) electrons. The summed E-state index contributed by atoms with van der Waals surface area (Å²) < 4.78 is 3.47. The molecule has 10 nitrogen and oxygen atoms in total. The van der Waals surface area contributed by atoms with Gasteiger partial charge in [0.15, 0.2) is 5.65 Å². The largest absolute Gasteiger partial charge is 0.394 e. The molecule has 4 rings (SSSR count). The third-order valence-corrected chi connectivity index (χ3v) is 5.56. The second kappa shape index (κ2) is 8.30. The molecule has 0 atom stereocenters. The maximum absolute atomic E-state index is 9.63. The van der Waals surface area contributed by atoms with Crippen molar-refractivity contribution in [2.45, 2.75) is 45.6 Å².